The summed E-state index contributed by atoms with van der Waals surface area (Å²) < 4.78 is 20.9. The van der Waals surface area contributed by atoms with Gasteiger partial charge in [-0.1, -0.05) is 0 Å². The van der Waals surface area contributed by atoms with E-state index in [1.165, 1.54) is 41.5 Å². The number of hydrogen-bond acceptors (Lipinski definition) is 10. The van der Waals surface area contributed by atoms with Gasteiger partial charge < -0.3 is 29.2 Å². The molecule has 3 rings (SSSR count). The Hall–Kier alpha value is -2.20. The van der Waals surface area contributed by atoms with Crippen molar-refractivity contribution in [2.45, 2.75) is 90.0 Å². The van der Waals surface area contributed by atoms with E-state index in [1.54, 1.807) is 0 Å². The number of carbonyl (C=O) groups is 4. The smallest absolute Gasteiger partial charge is 0.329 e. The fraction of sp³-hybridized carbons (Fsp3) is 0.800. The lowest BCUT2D eigenvalue weighted by Crippen LogP contribution is -2.69. The van der Waals surface area contributed by atoms with Crippen molar-refractivity contribution in [3.8, 4) is 0 Å². The number of esters is 4. The van der Waals surface area contributed by atoms with Gasteiger partial charge in [0.1, 0.15) is 0 Å². The Morgan fingerprint density at radius 1 is 0.533 bits per heavy atom. The molecule has 168 valence electrons. The first kappa shape index (κ1) is 22.5. The Kier molecular flexibility index (Phi) is 4.62. The van der Waals surface area contributed by atoms with Gasteiger partial charge in [0.05, 0.1) is 11.2 Å². The molecule has 10 nitrogen and oxygen atoms in total. The van der Waals surface area contributed by atoms with Crippen molar-refractivity contribution in [2.75, 3.05) is 0 Å². The summed E-state index contributed by atoms with van der Waals surface area (Å²) >= 11 is 0. The Morgan fingerprint density at radius 3 is 1.00 bits per heavy atom. The Labute approximate surface area is 173 Å². The first-order chi connectivity index (χ1) is 13.4. The van der Waals surface area contributed by atoms with E-state index in [9.17, 15) is 29.4 Å². The van der Waals surface area contributed by atoms with Crippen LogP contribution in [0, 0.1) is 10.8 Å². The molecule has 1 aliphatic carbocycles. The minimum Gasteiger partial charge on any atom is -0.422 e. The SMILES string of the molecule is CC1(C)OC(=O)C2(CCC(C)(O)C3(CCC2(C)O)C(=O)OC(C)(C)OC3=O)C(=O)O1. The number of hydrogen-bond donors (Lipinski definition) is 2. The van der Waals surface area contributed by atoms with E-state index in [1.807, 2.05) is 0 Å². The molecule has 0 bridgehead atoms. The molecular formula is C20H28O10. The molecule has 2 aliphatic heterocycles. The third-order valence-electron chi connectivity index (χ3n) is 6.56. The number of ether oxygens (including phenoxy) is 4. The van der Waals surface area contributed by atoms with Crippen molar-refractivity contribution in [3.63, 3.8) is 0 Å². The summed E-state index contributed by atoms with van der Waals surface area (Å²) in [6, 6.07) is 0. The van der Waals surface area contributed by atoms with Crippen LogP contribution in [0.1, 0.15) is 67.2 Å². The normalized spacial score (nSPS) is 36.8. The summed E-state index contributed by atoms with van der Waals surface area (Å²) in [5.41, 5.74) is -8.35. The molecule has 2 unspecified atom stereocenters. The lowest BCUT2D eigenvalue weighted by molar-refractivity contribution is -0.278. The highest BCUT2D eigenvalue weighted by Gasteiger charge is 2.72. The highest BCUT2D eigenvalue weighted by atomic mass is 16.8. The molecule has 30 heavy (non-hydrogen) atoms. The van der Waals surface area contributed by atoms with Crippen LogP contribution in [0.3, 0.4) is 0 Å². The van der Waals surface area contributed by atoms with Crippen LogP contribution in [0.15, 0.2) is 0 Å². The van der Waals surface area contributed by atoms with Crippen LogP contribution >= 0.6 is 0 Å². The van der Waals surface area contributed by atoms with Crippen LogP contribution in [0.4, 0.5) is 0 Å². The lowest BCUT2D eigenvalue weighted by atomic mass is 9.57. The van der Waals surface area contributed by atoms with E-state index in [0.29, 0.717) is 0 Å². The zero-order valence-electron chi connectivity index (χ0n) is 18.0. The second kappa shape index (κ2) is 6.16. The van der Waals surface area contributed by atoms with Crippen LogP contribution in [0.25, 0.3) is 0 Å². The summed E-state index contributed by atoms with van der Waals surface area (Å²) in [4.78, 5) is 51.7. The molecule has 2 atom stereocenters. The van der Waals surface area contributed by atoms with E-state index in [4.69, 9.17) is 18.9 Å². The van der Waals surface area contributed by atoms with Gasteiger partial charge >= 0.3 is 23.9 Å². The largest absolute Gasteiger partial charge is 0.422 e. The fourth-order valence-corrected chi connectivity index (χ4v) is 4.56. The highest BCUT2D eigenvalue weighted by Crippen LogP contribution is 2.55. The van der Waals surface area contributed by atoms with Gasteiger partial charge in [-0.05, 0) is 39.5 Å². The topological polar surface area (TPSA) is 146 Å². The van der Waals surface area contributed by atoms with Gasteiger partial charge in [0.15, 0.2) is 10.8 Å². The van der Waals surface area contributed by atoms with E-state index >= 15 is 0 Å². The van der Waals surface area contributed by atoms with Crippen molar-refractivity contribution in [1.29, 1.82) is 0 Å². The van der Waals surface area contributed by atoms with Gasteiger partial charge in [0, 0.05) is 27.7 Å². The molecule has 0 aromatic carbocycles. The van der Waals surface area contributed by atoms with E-state index in [0.717, 1.165) is 0 Å². The molecule has 10 heteroatoms. The highest BCUT2D eigenvalue weighted by molar-refractivity contribution is 6.05. The summed E-state index contributed by atoms with van der Waals surface area (Å²) in [5.74, 6) is -6.98. The second-order valence-corrected chi connectivity index (χ2v) is 9.72. The van der Waals surface area contributed by atoms with Crippen LogP contribution in [0.2, 0.25) is 0 Å². The number of carbonyl (C=O) groups excluding carboxylic acids is 4. The molecular weight excluding hydrogens is 400 g/mol. The molecule has 3 aliphatic rings. The van der Waals surface area contributed by atoms with Crippen LogP contribution in [-0.2, 0) is 38.1 Å². The number of rotatable bonds is 0. The predicted octanol–water partition coefficient (Wildman–Crippen LogP) is 0.707. The minimum atomic E-state index is -2.13. The molecule has 0 radical (unpaired) electrons. The van der Waals surface area contributed by atoms with Gasteiger partial charge in [-0.15, -0.1) is 0 Å². The molecule has 2 spiro atoms. The summed E-state index contributed by atoms with van der Waals surface area (Å²) in [5, 5.41) is 22.5. The Morgan fingerprint density at radius 2 is 0.767 bits per heavy atom. The fourth-order valence-electron chi connectivity index (χ4n) is 4.56. The first-order valence-corrected chi connectivity index (χ1v) is 9.81. The lowest BCUT2D eigenvalue weighted by Gasteiger charge is -2.53. The molecule has 0 aromatic rings. The van der Waals surface area contributed by atoms with Crippen molar-refractivity contribution in [3.05, 3.63) is 0 Å². The van der Waals surface area contributed by atoms with Crippen molar-refractivity contribution in [2.24, 2.45) is 10.8 Å². The van der Waals surface area contributed by atoms with Gasteiger partial charge in [0.25, 0.3) is 11.6 Å². The number of cyclic esters (lactones) is 4. The van der Waals surface area contributed by atoms with Gasteiger partial charge in [-0.3, -0.25) is 19.2 Å². The summed E-state index contributed by atoms with van der Waals surface area (Å²) in [7, 11) is 0. The quantitative estimate of drug-likeness (QED) is 0.418. The van der Waals surface area contributed by atoms with Crippen molar-refractivity contribution in [1.82, 2.24) is 0 Å². The van der Waals surface area contributed by atoms with E-state index in [-0.39, 0.29) is 0 Å². The third kappa shape index (κ3) is 2.91. The Bertz CT molecular complexity index is 711. The molecule has 0 aromatic heterocycles. The molecule has 0 amide bonds. The molecule has 1 saturated carbocycles. The Balaban J connectivity index is 2.06. The maximum absolute atomic E-state index is 12.9. The molecule has 2 heterocycles. The second-order valence-electron chi connectivity index (χ2n) is 9.72. The summed E-state index contributed by atoms with van der Waals surface area (Å²) in [6.07, 6.45) is -1.63. The monoisotopic (exact) mass is 428 g/mol. The van der Waals surface area contributed by atoms with E-state index < -0.39 is 83.2 Å². The number of aliphatic hydroxyl groups is 2. The third-order valence-corrected chi connectivity index (χ3v) is 6.56. The molecule has 2 saturated heterocycles. The van der Waals surface area contributed by atoms with Gasteiger partial charge in [-0.2, -0.15) is 0 Å². The van der Waals surface area contributed by atoms with Crippen LogP contribution in [0.5, 0.6) is 0 Å². The molecule has 3 fully saturated rings. The first-order valence-electron chi connectivity index (χ1n) is 9.81. The minimum absolute atomic E-state index is 0.390. The maximum atomic E-state index is 12.9. The van der Waals surface area contributed by atoms with Gasteiger partial charge in [0.2, 0.25) is 0 Å². The average Bonchev–Trinajstić information content (AvgIpc) is 2.49. The zero-order chi connectivity index (χ0) is 23.0. The van der Waals surface area contributed by atoms with Crippen LogP contribution in [-0.4, -0.2) is 56.9 Å². The maximum Gasteiger partial charge on any atom is 0.329 e. The van der Waals surface area contributed by atoms with E-state index in [2.05, 4.69) is 0 Å². The summed E-state index contributed by atoms with van der Waals surface area (Å²) in [6.45, 7) is 8.01. The van der Waals surface area contributed by atoms with Crippen molar-refractivity contribution >= 4 is 23.9 Å². The standard InChI is InChI=1S/C20H28O10/c1-15(2)27-11(21)19(12(22)28-15)9-7-18(6,26)20(10-8-17(19,5)25)13(23)29-16(3,4)30-14(20)24/h25-26H,7-10H2,1-6H3. The van der Waals surface area contributed by atoms with Crippen molar-refractivity contribution < 1.29 is 48.3 Å². The predicted molar refractivity (Wildman–Crippen MR) is 97.1 cm³/mol. The average molecular weight is 428 g/mol. The zero-order valence-corrected chi connectivity index (χ0v) is 18.0. The van der Waals surface area contributed by atoms with Crippen LogP contribution < -0.4 is 0 Å². The molecule has 2 N–H and O–H groups in total. The van der Waals surface area contributed by atoms with Gasteiger partial charge in [-0.25, -0.2) is 0 Å².